The number of hydrogen-bond acceptors (Lipinski definition) is 7. The zero-order chi connectivity index (χ0) is 21.3. The van der Waals surface area contributed by atoms with Crippen molar-refractivity contribution >= 4 is 11.8 Å². The van der Waals surface area contributed by atoms with Gasteiger partial charge >= 0.3 is 5.97 Å². The molecule has 1 saturated heterocycles. The second-order valence-electron chi connectivity index (χ2n) is 11.0. The molecule has 0 radical (unpaired) electrons. The SMILES string of the molecule is C[C@]12CC[C@H](O)C[C@H]1C[C@@H]1O[C@]13[C@H]2[C@H](O)C(=O)[C@]1(C)[C@@H]([C@H]2C=CC(=O)O2)CC[C@]31O. The highest BCUT2D eigenvalue weighted by Crippen LogP contribution is 2.76. The largest absolute Gasteiger partial charge is 0.455 e. The molecule has 2 aliphatic heterocycles. The van der Waals surface area contributed by atoms with Crippen molar-refractivity contribution in [1.29, 1.82) is 0 Å². The summed E-state index contributed by atoms with van der Waals surface area (Å²) in [4.78, 5) is 25.5. The van der Waals surface area contributed by atoms with Crippen LogP contribution in [0.15, 0.2) is 12.2 Å². The maximum absolute atomic E-state index is 13.8. The van der Waals surface area contributed by atoms with Gasteiger partial charge in [0.05, 0.1) is 17.6 Å². The Morgan fingerprint density at radius 1 is 1.10 bits per heavy atom. The van der Waals surface area contributed by atoms with E-state index in [0.717, 1.165) is 6.42 Å². The smallest absolute Gasteiger partial charge is 0.331 e. The maximum atomic E-state index is 13.8. The predicted octanol–water partition coefficient (Wildman–Crippen LogP) is 0.884. The number of fused-ring (bicyclic) bond motifs is 3. The number of esters is 1. The lowest BCUT2D eigenvalue weighted by atomic mass is 9.41. The molecule has 0 aromatic carbocycles. The fraction of sp³-hybridized carbons (Fsp3) is 0.826. The fourth-order valence-corrected chi connectivity index (χ4v) is 8.60. The van der Waals surface area contributed by atoms with Crippen molar-refractivity contribution in [1.82, 2.24) is 0 Å². The van der Waals surface area contributed by atoms with Crippen molar-refractivity contribution < 1.29 is 34.4 Å². The summed E-state index contributed by atoms with van der Waals surface area (Å²) in [6, 6.07) is 0. The van der Waals surface area contributed by atoms with Crippen molar-refractivity contribution in [3.05, 3.63) is 12.2 Å². The summed E-state index contributed by atoms with van der Waals surface area (Å²) in [6.07, 6.45) is 4.24. The summed E-state index contributed by atoms with van der Waals surface area (Å²) in [7, 11) is 0. The maximum Gasteiger partial charge on any atom is 0.331 e. The number of ketones is 1. The van der Waals surface area contributed by atoms with Gasteiger partial charge in [0.25, 0.3) is 0 Å². The molecule has 4 saturated carbocycles. The molecule has 5 fully saturated rings. The zero-order valence-corrected chi connectivity index (χ0v) is 17.4. The molecule has 7 nitrogen and oxygen atoms in total. The molecule has 0 amide bonds. The van der Waals surface area contributed by atoms with Gasteiger partial charge in [-0.25, -0.2) is 4.79 Å². The Bertz CT molecular complexity index is 870. The van der Waals surface area contributed by atoms with Crippen molar-refractivity contribution in [3.8, 4) is 0 Å². The number of aliphatic hydroxyl groups excluding tert-OH is 2. The first-order valence-electron chi connectivity index (χ1n) is 11.3. The number of rotatable bonds is 1. The van der Waals surface area contributed by atoms with E-state index in [1.54, 1.807) is 13.0 Å². The van der Waals surface area contributed by atoms with Crippen LogP contribution < -0.4 is 0 Å². The molecule has 2 heterocycles. The van der Waals surface area contributed by atoms with Crippen LogP contribution in [-0.4, -0.2) is 62.7 Å². The average molecular weight is 418 g/mol. The van der Waals surface area contributed by atoms with Crippen LogP contribution in [0.3, 0.4) is 0 Å². The van der Waals surface area contributed by atoms with E-state index in [4.69, 9.17) is 9.47 Å². The molecule has 6 aliphatic rings. The molecule has 3 N–H and O–H groups in total. The molecule has 0 unspecified atom stereocenters. The minimum absolute atomic E-state index is 0.151. The van der Waals surface area contributed by atoms with E-state index in [9.17, 15) is 24.9 Å². The van der Waals surface area contributed by atoms with Gasteiger partial charge in [-0.2, -0.15) is 0 Å². The second-order valence-corrected chi connectivity index (χ2v) is 11.0. The summed E-state index contributed by atoms with van der Waals surface area (Å²) in [5.41, 5.74) is -4.00. The molecular formula is C23H30O7. The highest BCUT2D eigenvalue weighted by atomic mass is 16.6. The van der Waals surface area contributed by atoms with Gasteiger partial charge in [0.1, 0.15) is 23.4 Å². The van der Waals surface area contributed by atoms with Gasteiger partial charge in [-0.05, 0) is 62.9 Å². The molecule has 30 heavy (non-hydrogen) atoms. The lowest BCUT2D eigenvalue weighted by Gasteiger charge is -2.62. The number of carbonyl (C=O) groups excluding carboxylic acids is 2. The van der Waals surface area contributed by atoms with Crippen LogP contribution in [0.2, 0.25) is 0 Å². The number of Topliss-reactive ketones (excluding diaryl/α,β-unsaturated/α-hetero) is 1. The molecule has 11 atom stereocenters. The number of hydrogen-bond donors (Lipinski definition) is 3. The van der Waals surface area contributed by atoms with E-state index in [1.165, 1.54) is 6.08 Å². The van der Waals surface area contributed by atoms with Gasteiger partial charge in [0.2, 0.25) is 0 Å². The quantitative estimate of drug-likeness (QED) is 0.428. The molecule has 1 spiro atoms. The number of epoxide rings is 1. The normalized spacial score (nSPS) is 61.0. The highest BCUT2D eigenvalue weighted by Gasteiger charge is 2.88. The topological polar surface area (TPSA) is 117 Å². The third-order valence-electron chi connectivity index (χ3n) is 10.2. The number of ether oxygens (including phenoxy) is 2. The monoisotopic (exact) mass is 418 g/mol. The van der Waals surface area contributed by atoms with Crippen LogP contribution in [0.5, 0.6) is 0 Å². The van der Waals surface area contributed by atoms with Crippen molar-refractivity contribution in [3.63, 3.8) is 0 Å². The minimum Gasteiger partial charge on any atom is -0.455 e. The molecule has 6 rings (SSSR count). The lowest BCUT2D eigenvalue weighted by molar-refractivity contribution is -0.230. The first kappa shape index (κ1) is 19.4. The fourth-order valence-electron chi connectivity index (χ4n) is 8.60. The van der Waals surface area contributed by atoms with Crippen molar-refractivity contribution in [2.24, 2.45) is 28.6 Å². The summed E-state index contributed by atoms with van der Waals surface area (Å²) in [5, 5.41) is 33.9. The molecular weight excluding hydrogens is 388 g/mol. The Hall–Kier alpha value is -1.28. The number of aliphatic hydroxyl groups is 3. The molecule has 4 aliphatic carbocycles. The second kappa shape index (κ2) is 5.55. The minimum atomic E-state index is -1.41. The van der Waals surface area contributed by atoms with Gasteiger partial charge in [-0.1, -0.05) is 6.92 Å². The van der Waals surface area contributed by atoms with Gasteiger partial charge in [0, 0.05) is 17.9 Å². The zero-order valence-electron chi connectivity index (χ0n) is 17.4. The Morgan fingerprint density at radius 2 is 1.87 bits per heavy atom. The van der Waals surface area contributed by atoms with E-state index in [2.05, 4.69) is 6.92 Å². The van der Waals surface area contributed by atoms with E-state index in [1.807, 2.05) is 0 Å². The third kappa shape index (κ3) is 1.89. The Labute approximate surface area is 175 Å². The molecule has 0 bridgehead atoms. The number of cyclic esters (lactones) is 1. The van der Waals surface area contributed by atoms with E-state index >= 15 is 0 Å². The summed E-state index contributed by atoms with van der Waals surface area (Å²) < 4.78 is 11.7. The van der Waals surface area contributed by atoms with Gasteiger partial charge in [-0.15, -0.1) is 0 Å². The van der Waals surface area contributed by atoms with E-state index < -0.39 is 46.6 Å². The Balaban J connectivity index is 1.46. The van der Waals surface area contributed by atoms with Crippen molar-refractivity contribution in [2.45, 2.75) is 88.0 Å². The Kier molecular flexibility index (Phi) is 3.59. The van der Waals surface area contributed by atoms with Crippen LogP contribution in [0, 0.1) is 28.6 Å². The van der Waals surface area contributed by atoms with Crippen LogP contribution in [0.25, 0.3) is 0 Å². The highest BCUT2D eigenvalue weighted by molar-refractivity contribution is 5.93. The Morgan fingerprint density at radius 3 is 2.57 bits per heavy atom. The summed E-state index contributed by atoms with van der Waals surface area (Å²) >= 11 is 0. The van der Waals surface area contributed by atoms with Gasteiger partial charge in [0.15, 0.2) is 5.78 Å². The van der Waals surface area contributed by atoms with Crippen LogP contribution >= 0.6 is 0 Å². The van der Waals surface area contributed by atoms with Crippen LogP contribution in [0.4, 0.5) is 0 Å². The average Bonchev–Trinajstić information content (AvgIpc) is 3.14. The number of carbonyl (C=O) groups is 2. The predicted molar refractivity (Wildman–Crippen MR) is 103 cm³/mol. The van der Waals surface area contributed by atoms with Crippen molar-refractivity contribution in [2.75, 3.05) is 0 Å². The van der Waals surface area contributed by atoms with E-state index in [0.29, 0.717) is 32.1 Å². The summed E-state index contributed by atoms with van der Waals surface area (Å²) in [6.45, 7) is 3.84. The van der Waals surface area contributed by atoms with E-state index in [-0.39, 0.29) is 29.3 Å². The summed E-state index contributed by atoms with van der Waals surface area (Å²) in [5.74, 6) is -1.54. The molecule has 0 aromatic rings. The third-order valence-corrected chi connectivity index (χ3v) is 10.2. The lowest BCUT2D eigenvalue weighted by Crippen LogP contribution is -2.76. The van der Waals surface area contributed by atoms with Crippen LogP contribution in [0.1, 0.15) is 52.4 Å². The van der Waals surface area contributed by atoms with Gasteiger partial charge in [-0.3, -0.25) is 4.79 Å². The van der Waals surface area contributed by atoms with Gasteiger partial charge < -0.3 is 24.8 Å². The van der Waals surface area contributed by atoms with Crippen LogP contribution in [-0.2, 0) is 19.1 Å². The first-order chi connectivity index (χ1) is 14.1. The molecule has 164 valence electrons. The molecule has 0 aromatic heterocycles. The first-order valence-corrected chi connectivity index (χ1v) is 11.3. The molecule has 7 heteroatoms. The standard InChI is InChI=1S/C23H30O7/c1-20-7-5-12(24)9-11(20)10-15-23(30-15)18(20)17(26)19(27)21(2)13(6-8-22(21,23)28)14-3-4-16(25)29-14/h3-4,11-15,17-18,24,26,28H,5-10H2,1-2H3/t11-,12-,13+,14+,15-,17-,18-,20-,21-,22+,23-/m0/s1.